The van der Waals surface area contributed by atoms with Gasteiger partial charge in [-0.05, 0) is 18.1 Å². The van der Waals surface area contributed by atoms with Crippen molar-refractivity contribution >= 4 is 11.6 Å². The number of anilines is 1. The van der Waals surface area contributed by atoms with Crippen LogP contribution in [-0.2, 0) is 11.2 Å². The summed E-state index contributed by atoms with van der Waals surface area (Å²) in [5.41, 5.74) is 9.07. The molecule has 2 aromatic rings. The quantitative estimate of drug-likeness (QED) is 0.911. The number of rotatable bonds is 3. The van der Waals surface area contributed by atoms with Crippen LogP contribution in [0, 0.1) is 0 Å². The lowest BCUT2D eigenvalue weighted by Crippen LogP contribution is -2.33. The van der Waals surface area contributed by atoms with Crippen LogP contribution in [0.1, 0.15) is 17.2 Å². The fourth-order valence-corrected chi connectivity index (χ4v) is 2.53. The molecule has 0 bridgehead atoms. The highest BCUT2D eigenvalue weighted by molar-refractivity contribution is 6.04. The van der Waals surface area contributed by atoms with Crippen molar-refractivity contribution in [3.8, 4) is 0 Å². The van der Waals surface area contributed by atoms with Gasteiger partial charge in [-0.3, -0.25) is 4.79 Å². The Morgan fingerprint density at radius 3 is 2.47 bits per heavy atom. The molecule has 1 atom stereocenters. The molecule has 0 saturated heterocycles. The highest BCUT2D eigenvalue weighted by Crippen LogP contribution is 2.34. The Morgan fingerprint density at radius 1 is 1.00 bits per heavy atom. The first-order chi connectivity index (χ1) is 9.27. The summed E-state index contributed by atoms with van der Waals surface area (Å²) in [4.78, 5) is 14.0. The lowest BCUT2D eigenvalue weighted by Gasteiger charge is -2.17. The molecule has 0 radical (unpaired) electrons. The van der Waals surface area contributed by atoms with E-state index in [1.807, 2.05) is 42.5 Å². The molecule has 1 heterocycles. The van der Waals surface area contributed by atoms with Crippen LogP contribution in [0.25, 0.3) is 0 Å². The van der Waals surface area contributed by atoms with Gasteiger partial charge in [-0.1, -0.05) is 48.5 Å². The smallest absolute Gasteiger partial charge is 0.248 e. The summed E-state index contributed by atoms with van der Waals surface area (Å²) >= 11 is 0. The molecule has 0 aromatic heterocycles. The van der Waals surface area contributed by atoms with Crippen LogP contribution in [0.2, 0.25) is 0 Å². The molecular formula is C16H16N2O. The maximum atomic E-state index is 12.2. The molecule has 1 amide bonds. The van der Waals surface area contributed by atoms with E-state index >= 15 is 0 Å². The van der Waals surface area contributed by atoms with Crippen molar-refractivity contribution in [1.82, 2.24) is 0 Å². The summed E-state index contributed by atoms with van der Waals surface area (Å²) in [6.45, 7) is 0.674. The van der Waals surface area contributed by atoms with Gasteiger partial charge in [0.2, 0.25) is 5.91 Å². The standard InChI is InChI=1S/C16H16N2O/c17-15-13-8-4-5-9-14(13)18(16(15)19)11-10-12-6-2-1-3-7-12/h1-9,15H,10-11,17H2. The van der Waals surface area contributed by atoms with Gasteiger partial charge in [0.1, 0.15) is 6.04 Å². The number of nitrogens with zero attached hydrogens (tertiary/aromatic N) is 1. The van der Waals surface area contributed by atoms with Gasteiger partial charge in [0, 0.05) is 17.8 Å². The maximum absolute atomic E-state index is 12.2. The molecule has 0 fully saturated rings. The molecule has 96 valence electrons. The minimum atomic E-state index is -0.507. The second-order valence-corrected chi connectivity index (χ2v) is 4.76. The number of para-hydroxylation sites is 1. The Hall–Kier alpha value is -2.13. The maximum Gasteiger partial charge on any atom is 0.248 e. The van der Waals surface area contributed by atoms with Crippen molar-refractivity contribution < 1.29 is 4.79 Å². The average Bonchev–Trinajstić information content (AvgIpc) is 2.71. The van der Waals surface area contributed by atoms with Crippen LogP contribution >= 0.6 is 0 Å². The van der Waals surface area contributed by atoms with Gasteiger partial charge >= 0.3 is 0 Å². The van der Waals surface area contributed by atoms with E-state index in [9.17, 15) is 4.79 Å². The molecule has 1 unspecified atom stereocenters. The summed E-state index contributed by atoms with van der Waals surface area (Å²) < 4.78 is 0. The van der Waals surface area contributed by atoms with E-state index in [1.54, 1.807) is 4.90 Å². The molecule has 0 spiro atoms. The lowest BCUT2D eigenvalue weighted by molar-refractivity contribution is -0.119. The predicted octanol–water partition coefficient (Wildman–Crippen LogP) is 2.28. The Kier molecular flexibility index (Phi) is 3.05. The molecule has 0 saturated carbocycles. The summed E-state index contributed by atoms with van der Waals surface area (Å²) in [5, 5.41) is 0. The predicted molar refractivity (Wildman–Crippen MR) is 75.9 cm³/mol. The molecular weight excluding hydrogens is 236 g/mol. The van der Waals surface area contributed by atoms with Gasteiger partial charge in [-0.2, -0.15) is 0 Å². The first kappa shape index (κ1) is 11.9. The number of hydrogen-bond donors (Lipinski definition) is 1. The third kappa shape index (κ3) is 2.13. The van der Waals surface area contributed by atoms with Gasteiger partial charge < -0.3 is 10.6 Å². The van der Waals surface area contributed by atoms with E-state index in [0.717, 1.165) is 17.7 Å². The fraction of sp³-hybridized carbons (Fsp3) is 0.188. The highest BCUT2D eigenvalue weighted by atomic mass is 16.2. The molecule has 0 aliphatic carbocycles. The van der Waals surface area contributed by atoms with Crippen LogP contribution < -0.4 is 10.6 Å². The molecule has 1 aliphatic rings. The van der Waals surface area contributed by atoms with E-state index in [1.165, 1.54) is 5.56 Å². The van der Waals surface area contributed by atoms with Gasteiger partial charge in [0.15, 0.2) is 0 Å². The third-order valence-corrected chi connectivity index (χ3v) is 3.56. The van der Waals surface area contributed by atoms with Crippen molar-refractivity contribution in [1.29, 1.82) is 0 Å². The zero-order valence-electron chi connectivity index (χ0n) is 10.6. The van der Waals surface area contributed by atoms with E-state index in [0.29, 0.717) is 6.54 Å². The third-order valence-electron chi connectivity index (χ3n) is 3.56. The minimum Gasteiger partial charge on any atom is -0.316 e. The Labute approximate surface area is 112 Å². The first-order valence-electron chi connectivity index (χ1n) is 6.47. The number of fused-ring (bicyclic) bond motifs is 1. The van der Waals surface area contributed by atoms with Gasteiger partial charge in [0.05, 0.1) is 0 Å². The average molecular weight is 252 g/mol. The van der Waals surface area contributed by atoms with E-state index in [4.69, 9.17) is 5.73 Å². The first-order valence-corrected chi connectivity index (χ1v) is 6.47. The second kappa shape index (κ2) is 4.86. The molecule has 1 aliphatic heterocycles. The molecule has 19 heavy (non-hydrogen) atoms. The summed E-state index contributed by atoms with van der Waals surface area (Å²) in [6.07, 6.45) is 0.841. The second-order valence-electron chi connectivity index (χ2n) is 4.76. The SMILES string of the molecule is NC1C(=O)N(CCc2ccccc2)c2ccccc21. The molecule has 2 aromatic carbocycles. The van der Waals surface area contributed by atoms with Crippen molar-refractivity contribution in [2.45, 2.75) is 12.5 Å². The Bertz CT molecular complexity index is 595. The van der Waals surface area contributed by atoms with Crippen molar-refractivity contribution in [2.75, 3.05) is 11.4 Å². The Balaban J connectivity index is 1.80. The molecule has 3 rings (SSSR count). The van der Waals surface area contributed by atoms with Crippen LogP contribution in [0.3, 0.4) is 0 Å². The van der Waals surface area contributed by atoms with Crippen LogP contribution in [0.4, 0.5) is 5.69 Å². The minimum absolute atomic E-state index is 0.00266. The van der Waals surface area contributed by atoms with E-state index in [-0.39, 0.29) is 5.91 Å². The van der Waals surface area contributed by atoms with Gasteiger partial charge in [0.25, 0.3) is 0 Å². The number of hydrogen-bond acceptors (Lipinski definition) is 2. The number of benzene rings is 2. The molecule has 2 N–H and O–H groups in total. The number of carbonyl (C=O) groups is 1. The van der Waals surface area contributed by atoms with Crippen molar-refractivity contribution in [2.24, 2.45) is 5.73 Å². The number of amides is 1. The summed E-state index contributed by atoms with van der Waals surface area (Å²) in [7, 11) is 0. The lowest BCUT2D eigenvalue weighted by atomic mass is 10.1. The summed E-state index contributed by atoms with van der Waals surface area (Å²) in [6, 6.07) is 17.4. The van der Waals surface area contributed by atoms with Crippen LogP contribution in [0.15, 0.2) is 54.6 Å². The van der Waals surface area contributed by atoms with E-state index < -0.39 is 6.04 Å². The zero-order valence-corrected chi connectivity index (χ0v) is 10.6. The van der Waals surface area contributed by atoms with Crippen molar-refractivity contribution in [3.63, 3.8) is 0 Å². The normalized spacial score (nSPS) is 17.6. The van der Waals surface area contributed by atoms with Crippen molar-refractivity contribution in [3.05, 3.63) is 65.7 Å². The largest absolute Gasteiger partial charge is 0.316 e. The number of carbonyl (C=O) groups excluding carboxylic acids is 1. The van der Waals surface area contributed by atoms with Crippen LogP contribution in [-0.4, -0.2) is 12.5 Å². The van der Waals surface area contributed by atoms with Gasteiger partial charge in [-0.25, -0.2) is 0 Å². The van der Waals surface area contributed by atoms with Crippen LogP contribution in [0.5, 0.6) is 0 Å². The number of nitrogens with two attached hydrogens (primary N) is 1. The fourth-order valence-electron chi connectivity index (χ4n) is 2.53. The van der Waals surface area contributed by atoms with E-state index in [2.05, 4.69) is 12.1 Å². The molecule has 3 nitrogen and oxygen atoms in total. The molecule has 3 heteroatoms. The Morgan fingerprint density at radius 2 is 1.68 bits per heavy atom. The highest BCUT2D eigenvalue weighted by Gasteiger charge is 2.33. The van der Waals surface area contributed by atoms with Gasteiger partial charge in [-0.15, -0.1) is 0 Å². The zero-order chi connectivity index (χ0) is 13.2. The summed E-state index contributed by atoms with van der Waals surface area (Å²) in [5.74, 6) is -0.00266. The topological polar surface area (TPSA) is 46.3 Å². The monoisotopic (exact) mass is 252 g/mol.